The number of hydrogen-bond acceptors (Lipinski definition) is 2. The fourth-order valence-electron chi connectivity index (χ4n) is 2.02. The van der Waals surface area contributed by atoms with Crippen LogP contribution in [-0.2, 0) is 4.74 Å². The smallest absolute Gasteiger partial charge is 0.311 e. The molecule has 0 aromatic heterocycles. The monoisotopic (exact) mass is 223 g/mol. The van der Waals surface area contributed by atoms with Gasteiger partial charge in [-0.3, -0.25) is 4.74 Å². The first-order chi connectivity index (χ1) is 7.06. The Balaban J connectivity index is 1.59. The fourth-order valence-corrected chi connectivity index (χ4v) is 2.02. The molecule has 15 heavy (non-hydrogen) atoms. The third-order valence-corrected chi connectivity index (χ3v) is 3.01. The van der Waals surface area contributed by atoms with E-state index >= 15 is 0 Å². The van der Waals surface area contributed by atoms with Crippen LogP contribution in [0.5, 0.6) is 0 Å². The van der Waals surface area contributed by atoms with E-state index in [1.54, 1.807) is 0 Å². The zero-order valence-corrected chi connectivity index (χ0v) is 8.52. The Morgan fingerprint density at radius 1 is 1.13 bits per heavy atom. The van der Waals surface area contributed by atoms with Gasteiger partial charge in [-0.15, -0.1) is 13.2 Å². The SMILES string of the molecule is FC(F)(F)OCCNC(C1CC1)C1CC1. The van der Waals surface area contributed by atoms with Crippen LogP contribution in [0.4, 0.5) is 13.2 Å². The van der Waals surface area contributed by atoms with Gasteiger partial charge in [-0.05, 0) is 37.5 Å². The van der Waals surface area contributed by atoms with E-state index in [-0.39, 0.29) is 6.61 Å². The summed E-state index contributed by atoms with van der Waals surface area (Å²) in [4.78, 5) is 0. The molecule has 2 rings (SSSR count). The van der Waals surface area contributed by atoms with E-state index in [0.29, 0.717) is 24.4 Å². The molecule has 5 heteroatoms. The Hall–Kier alpha value is -0.290. The Labute approximate surface area is 87.2 Å². The van der Waals surface area contributed by atoms with Crippen LogP contribution in [0.3, 0.4) is 0 Å². The van der Waals surface area contributed by atoms with Crippen LogP contribution in [0.15, 0.2) is 0 Å². The second-order valence-corrected chi connectivity index (χ2v) is 4.45. The van der Waals surface area contributed by atoms with Crippen LogP contribution in [0, 0.1) is 11.8 Å². The summed E-state index contributed by atoms with van der Waals surface area (Å²) in [6.07, 6.45) is 0.432. The van der Waals surface area contributed by atoms with Crippen molar-refractivity contribution in [1.29, 1.82) is 0 Å². The van der Waals surface area contributed by atoms with E-state index in [1.807, 2.05) is 0 Å². The molecule has 0 aromatic rings. The molecule has 0 saturated heterocycles. The zero-order valence-electron chi connectivity index (χ0n) is 8.52. The van der Waals surface area contributed by atoms with Crippen molar-refractivity contribution in [3.63, 3.8) is 0 Å². The predicted octanol–water partition coefficient (Wildman–Crippen LogP) is 2.30. The first-order valence-electron chi connectivity index (χ1n) is 5.50. The van der Waals surface area contributed by atoms with Gasteiger partial charge in [-0.25, -0.2) is 0 Å². The zero-order chi connectivity index (χ0) is 10.9. The second kappa shape index (κ2) is 4.29. The summed E-state index contributed by atoms with van der Waals surface area (Å²) < 4.78 is 38.7. The van der Waals surface area contributed by atoms with Crippen molar-refractivity contribution in [1.82, 2.24) is 5.32 Å². The van der Waals surface area contributed by atoms with Crippen LogP contribution in [0.1, 0.15) is 25.7 Å². The van der Waals surface area contributed by atoms with Gasteiger partial charge in [0, 0.05) is 12.6 Å². The predicted molar refractivity (Wildman–Crippen MR) is 49.2 cm³/mol. The normalized spacial score (nSPS) is 22.4. The highest BCUT2D eigenvalue weighted by atomic mass is 19.4. The van der Waals surface area contributed by atoms with Gasteiger partial charge in [0.05, 0.1) is 6.61 Å². The van der Waals surface area contributed by atoms with Crippen molar-refractivity contribution < 1.29 is 17.9 Å². The van der Waals surface area contributed by atoms with Gasteiger partial charge in [0.2, 0.25) is 0 Å². The summed E-state index contributed by atoms with van der Waals surface area (Å²) in [5.41, 5.74) is 0. The molecule has 2 saturated carbocycles. The minimum absolute atomic E-state index is 0.278. The number of hydrogen-bond donors (Lipinski definition) is 1. The average Bonchev–Trinajstić information content (AvgIpc) is 2.98. The molecule has 0 amide bonds. The van der Waals surface area contributed by atoms with Crippen LogP contribution in [0.2, 0.25) is 0 Å². The molecule has 0 atom stereocenters. The van der Waals surface area contributed by atoms with Gasteiger partial charge in [0.25, 0.3) is 0 Å². The third kappa shape index (κ3) is 3.99. The van der Waals surface area contributed by atoms with Gasteiger partial charge in [-0.1, -0.05) is 0 Å². The largest absolute Gasteiger partial charge is 0.522 e. The Kier molecular flexibility index (Phi) is 3.21. The standard InChI is InChI=1S/C10H16F3NO/c11-10(12,13)15-6-5-14-9(7-1-2-7)8-3-4-8/h7-9,14H,1-6H2. The molecular weight excluding hydrogens is 207 g/mol. The molecule has 0 spiro atoms. The van der Waals surface area contributed by atoms with E-state index in [0.717, 1.165) is 0 Å². The molecule has 0 aromatic carbocycles. The molecule has 0 bridgehead atoms. The lowest BCUT2D eigenvalue weighted by Crippen LogP contribution is -2.36. The highest BCUT2D eigenvalue weighted by molar-refractivity contribution is 4.96. The summed E-state index contributed by atoms with van der Waals surface area (Å²) in [7, 11) is 0. The number of alkyl halides is 3. The first-order valence-corrected chi connectivity index (χ1v) is 5.50. The lowest BCUT2D eigenvalue weighted by molar-refractivity contribution is -0.323. The van der Waals surface area contributed by atoms with E-state index in [4.69, 9.17) is 0 Å². The molecule has 2 aliphatic carbocycles. The topological polar surface area (TPSA) is 21.3 Å². The highest BCUT2D eigenvalue weighted by Crippen LogP contribution is 2.44. The Morgan fingerprint density at radius 3 is 2.07 bits per heavy atom. The van der Waals surface area contributed by atoms with Crippen molar-refractivity contribution in [3.8, 4) is 0 Å². The van der Waals surface area contributed by atoms with Crippen LogP contribution < -0.4 is 5.32 Å². The molecule has 2 nitrogen and oxygen atoms in total. The molecule has 0 radical (unpaired) electrons. The van der Waals surface area contributed by atoms with Crippen LogP contribution in [-0.4, -0.2) is 25.6 Å². The van der Waals surface area contributed by atoms with E-state index < -0.39 is 6.36 Å². The average molecular weight is 223 g/mol. The molecule has 0 heterocycles. The summed E-state index contributed by atoms with van der Waals surface area (Å²) in [6.45, 7) is 0.0244. The van der Waals surface area contributed by atoms with Gasteiger partial charge in [-0.2, -0.15) is 0 Å². The van der Waals surface area contributed by atoms with Gasteiger partial charge in [0.15, 0.2) is 0 Å². The van der Waals surface area contributed by atoms with E-state index in [9.17, 15) is 13.2 Å². The highest BCUT2D eigenvalue weighted by Gasteiger charge is 2.41. The van der Waals surface area contributed by atoms with E-state index in [1.165, 1.54) is 25.7 Å². The van der Waals surface area contributed by atoms with Gasteiger partial charge in [0.1, 0.15) is 0 Å². The van der Waals surface area contributed by atoms with Crippen molar-refractivity contribution in [2.45, 2.75) is 38.1 Å². The summed E-state index contributed by atoms with van der Waals surface area (Å²) in [6, 6.07) is 0.446. The van der Waals surface area contributed by atoms with Crippen molar-refractivity contribution in [2.75, 3.05) is 13.2 Å². The Morgan fingerprint density at radius 2 is 1.67 bits per heavy atom. The number of rotatable bonds is 6. The maximum absolute atomic E-state index is 11.7. The van der Waals surface area contributed by atoms with Crippen LogP contribution >= 0.6 is 0 Å². The lowest BCUT2D eigenvalue weighted by atomic mass is 10.1. The van der Waals surface area contributed by atoms with Gasteiger partial charge < -0.3 is 5.32 Å². The quantitative estimate of drug-likeness (QED) is 0.698. The number of ether oxygens (including phenoxy) is 1. The number of nitrogens with one attached hydrogen (secondary N) is 1. The fraction of sp³-hybridized carbons (Fsp3) is 1.00. The summed E-state index contributed by atoms with van der Waals surface area (Å²) in [5, 5.41) is 3.19. The number of halogens is 3. The molecule has 0 aliphatic heterocycles. The second-order valence-electron chi connectivity index (χ2n) is 4.45. The molecule has 0 unspecified atom stereocenters. The Bertz CT molecular complexity index is 199. The minimum atomic E-state index is -4.49. The lowest BCUT2D eigenvalue weighted by Gasteiger charge is -2.17. The van der Waals surface area contributed by atoms with Gasteiger partial charge >= 0.3 is 6.36 Å². The summed E-state index contributed by atoms with van der Waals surface area (Å²) >= 11 is 0. The third-order valence-electron chi connectivity index (χ3n) is 3.01. The maximum atomic E-state index is 11.7. The summed E-state index contributed by atoms with van der Waals surface area (Å²) in [5.74, 6) is 1.42. The van der Waals surface area contributed by atoms with Crippen molar-refractivity contribution in [3.05, 3.63) is 0 Å². The maximum Gasteiger partial charge on any atom is 0.522 e. The molecule has 2 fully saturated rings. The van der Waals surface area contributed by atoms with Crippen molar-refractivity contribution >= 4 is 0 Å². The van der Waals surface area contributed by atoms with Crippen molar-refractivity contribution in [2.24, 2.45) is 11.8 Å². The minimum Gasteiger partial charge on any atom is -0.311 e. The first kappa shape index (κ1) is 11.2. The molecule has 88 valence electrons. The molecule has 2 aliphatic rings. The molecular formula is C10H16F3NO. The van der Waals surface area contributed by atoms with Crippen LogP contribution in [0.25, 0.3) is 0 Å². The molecule has 1 N–H and O–H groups in total. The van der Waals surface area contributed by atoms with E-state index in [2.05, 4.69) is 10.1 Å².